The van der Waals surface area contributed by atoms with Gasteiger partial charge in [0.25, 0.3) is 0 Å². The zero-order valence-electron chi connectivity index (χ0n) is 11.5. The zero-order chi connectivity index (χ0) is 15.4. The van der Waals surface area contributed by atoms with Gasteiger partial charge in [-0.05, 0) is 48.6 Å². The molecule has 1 heterocycles. The summed E-state index contributed by atoms with van der Waals surface area (Å²) >= 11 is 2.10. The molecule has 0 saturated carbocycles. The molecule has 21 heavy (non-hydrogen) atoms. The molecule has 0 atom stereocenters. The summed E-state index contributed by atoms with van der Waals surface area (Å²) in [5, 5.41) is 14.1. The number of benzene rings is 1. The van der Waals surface area contributed by atoms with Crippen LogP contribution < -0.4 is 10.1 Å². The van der Waals surface area contributed by atoms with E-state index in [1.165, 1.54) is 0 Å². The van der Waals surface area contributed by atoms with Gasteiger partial charge in [-0.25, -0.2) is 4.98 Å². The highest BCUT2D eigenvalue weighted by molar-refractivity contribution is 14.1. The first-order valence-corrected chi connectivity index (χ1v) is 7.30. The maximum Gasteiger partial charge on any atom is 0.352 e. The predicted octanol–water partition coefficient (Wildman–Crippen LogP) is 3.52. The van der Waals surface area contributed by atoms with Gasteiger partial charge in [0.2, 0.25) is 5.95 Å². The highest BCUT2D eigenvalue weighted by atomic mass is 127. The van der Waals surface area contributed by atoms with E-state index in [0.29, 0.717) is 18.2 Å². The average Bonchev–Trinajstić information content (AvgIpc) is 2.41. The maximum atomic E-state index is 11.2. The van der Waals surface area contributed by atoms with E-state index in [-0.39, 0.29) is 17.3 Å². The van der Waals surface area contributed by atoms with Gasteiger partial charge in [0.1, 0.15) is 11.4 Å². The van der Waals surface area contributed by atoms with E-state index in [1.54, 1.807) is 19.1 Å². The second kappa shape index (κ2) is 6.66. The van der Waals surface area contributed by atoms with Crippen molar-refractivity contribution in [2.75, 3.05) is 11.9 Å². The van der Waals surface area contributed by atoms with E-state index < -0.39 is 4.92 Å². The summed E-state index contributed by atoms with van der Waals surface area (Å²) in [5.74, 6) is 0.760. The first-order chi connectivity index (χ1) is 10.0. The summed E-state index contributed by atoms with van der Waals surface area (Å²) in [6.07, 6.45) is 0. The van der Waals surface area contributed by atoms with Crippen molar-refractivity contribution in [1.82, 2.24) is 9.97 Å². The number of ether oxygens (including phenoxy) is 1. The van der Waals surface area contributed by atoms with Crippen LogP contribution in [0.5, 0.6) is 11.6 Å². The molecule has 0 radical (unpaired) electrons. The maximum absolute atomic E-state index is 11.2. The average molecular weight is 400 g/mol. The number of nitro groups is 1. The van der Waals surface area contributed by atoms with Gasteiger partial charge < -0.3 is 10.1 Å². The Balaban J connectivity index is 2.49. The number of rotatable bonds is 5. The van der Waals surface area contributed by atoms with Crippen LogP contribution >= 0.6 is 22.6 Å². The van der Waals surface area contributed by atoms with Crippen molar-refractivity contribution < 1.29 is 9.66 Å². The fraction of sp³-hybridized carbons (Fsp3) is 0.231. The second-order valence-electron chi connectivity index (χ2n) is 4.11. The standard InChI is InChI=1S/C13H13IN4O3/c1-3-15-13-16-8(2)11(18(19)20)12(17-13)21-10-7-5-4-6-9(10)14/h4-7H,3H2,1-2H3,(H,15,16,17). The van der Waals surface area contributed by atoms with Gasteiger partial charge in [0.15, 0.2) is 0 Å². The van der Waals surface area contributed by atoms with Gasteiger partial charge in [-0.1, -0.05) is 12.1 Å². The molecule has 7 nitrogen and oxygen atoms in total. The third-order valence-electron chi connectivity index (χ3n) is 2.59. The minimum absolute atomic E-state index is 0.0624. The van der Waals surface area contributed by atoms with E-state index in [9.17, 15) is 10.1 Å². The van der Waals surface area contributed by atoms with E-state index in [4.69, 9.17) is 4.74 Å². The van der Waals surface area contributed by atoms with Crippen LogP contribution in [0.3, 0.4) is 0 Å². The summed E-state index contributed by atoms with van der Waals surface area (Å²) in [6, 6.07) is 7.23. The predicted molar refractivity (Wildman–Crippen MR) is 86.8 cm³/mol. The van der Waals surface area contributed by atoms with Crippen molar-refractivity contribution in [3.63, 3.8) is 0 Å². The Hall–Kier alpha value is -1.97. The Morgan fingerprint density at radius 1 is 1.38 bits per heavy atom. The molecule has 0 unspecified atom stereocenters. The number of aromatic nitrogens is 2. The number of aryl methyl sites for hydroxylation is 1. The molecule has 0 spiro atoms. The van der Waals surface area contributed by atoms with Crippen LogP contribution in [0.4, 0.5) is 11.6 Å². The molecule has 0 fully saturated rings. The molecule has 110 valence electrons. The molecule has 1 aromatic heterocycles. The van der Waals surface area contributed by atoms with Gasteiger partial charge in [-0.3, -0.25) is 10.1 Å². The molecule has 0 aliphatic carbocycles. The molecule has 2 aromatic rings. The van der Waals surface area contributed by atoms with Gasteiger partial charge in [-0.15, -0.1) is 0 Å². The molecule has 2 rings (SSSR count). The normalized spacial score (nSPS) is 10.2. The molecule has 0 aliphatic heterocycles. The van der Waals surface area contributed by atoms with E-state index in [1.807, 2.05) is 19.1 Å². The van der Waals surface area contributed by atoms with Crippen molar-refractivity contribution in [3.8, 4) is 11.6 Å². The van der Waals surface area contributed by atoms with Crippen LogP contribution in [0.25, 0.3) is 0 Å². The molecule has 1 aromatic carbocycles. The van der Waals surface area contributed by atoms with Crippen LogP contribution in [0.1, 0.15) is 12.6 Å². The van der Waals surface area contributed by atoms with Crippen LogP contribution in [-0.2, 0) is 0 Å². The molecule has 0 aliphatic rings. The van der Waals surface area contributed by atoms with Gasteiger partial charge in [-0.2, -0.15) is 4.98 Å². The van der Waals surface area contributed by atoms with Crippen LogP contribution in [-0.4, -0.2) is 21.4 Å². The minimum Gasteiger partial charge on any atom is -0.432 e. The van der Waals surface area contributed by atoms with Crippen LogP contribution in [0, 0.1) is 20.6 Å². The number of halogens is 1. The van der Waals surface area contributed by atoms with Gasteiger partial charge >= 0.3 is 11.6 Å². The first kappa shape index (κ1) is 15.4. The van der Waals surface area contributed by atoms with Crippen molar-refractivity contribution in [1.29, 1.82) is 0 Å². The number of hydrogen-bond donors (Lipinski definition) is 1. The number of hydrogen-bond acceptors (Lipinski definition) is 6. The lowest BCUT2D eigenvalue weighted by Crippen LogP contribution is -2.07. The van der Waals surface area contributed by atoms with Crippen LogP contribution in [0.2, 0.25) is 0 Å². The Labute approximate surface area is 135 Å². The fourth-order valence-corrected chi connectivity index (χ4v) is 2.19. The third kappa shape index (κ3) is 3.57. The fourth-order valence-electron chi connectivity index (χ4n) is 1.69. The van der Waals surface area contributed by atoms with Gasteiger partial charge in [0.05, 0.1) is 8.49 Å². The molecule has 1 N–H and O–H groups in total. The summed E-state index contributed by atoms with van der Waals surface area (Å²) in [6.45, 7) is 4.06. The highest BCUT2D eigenvalue weighted by Crippen LogP contribution is 2.34. The SMILES string of the molecule is CCNc1nc(C)c([N+](=O)[O-])c(Oc2ccccc2I)n1. The van der Waals surface area contributed by atoms with Crippen LogP contribution in [0.15, 0.2) is 24.3 Å². The van der Waals surface area contributed by atoms with E-state index in [0.717, 1.165) is 3.57 Å². The van der Waals surface area contributed by atoms with Crippen molar-refractivity contribution in [2.24, 2.45) is 0 Å². The molecule has 0 saturated heterocycles. The van der Waals surface area contributed by atoms with Crippen molar-refractivity contribution in [3.05, 3.63) is 43.6 Å². The lowest BCUT2D eigenvalue weighted by molar-refractivity contribution is -0.386. The molecule has 8 heteroatoms. The first-order valence-electron chi connectivity index (χ1n) is 6.22. The Kier molecular flexibility index (Phi) is 4.89. The second-order valence-corrected chi connectivity index (χ2v) is 5.27. The Morgan fingerprint density at radius 3 is 2.71 bits per heavy atom. The van der Waals surface area contributed by atoms with Gasteiger partial charge in [0, 0.05) is 6.54 Å². The molecule has 0 amide bonds. The largest absolute Gasteiger partial charge is 0.432 e. The Bertz CT molecular complexity index is 678. The zero-order valence-corrected chi connectivity index (χ0v) is 13.6. The number of nitrogens with one attached hydrogen (secondary N) is 1. The highest BCUT2D eigenvalue weighted by Gasteiger charge is 2.24. The molecular formula is C13H13IN4O3. The number of anilines is 1. The number of para-hydroxylation sites is 1. The van der Waals surface area contributed by atoms with E-state index >= 15 is 0 Å². The lowest BCUT2D eigenvalue weighted by atomic mass is 10.3. The summed E-state index contributed by atoms with van der Waals surface area (Å²) in [7, 11) is 0. The minimum atomic E-state index is -0.532. The summed E-state index contributed by atoms with van der Waals surface area (Å²) in [4.78, 5) is 18.8. The Morgan fingerprint density at radius 2 is 2.10 bits per heavy atom. The summed E-state index contributed by atoms with van der Waals surface area (Å²) < 4.78 is 6.47. The molecule has 0 bridgehead atoms. The van der Waals surface area contributed by atoms with E-state index in [2.05, 4.69) is 37.9 Å². The lowest BCUT2D eigenvalue weighted by Gasteiger charge is -2.10. The third-order valence-corrected chi connectivity index (χ3v) is 3.48. The monoisotopic (exact) mass is 400 g/mol. The van der Waals surface area contributed by atoms with Crippen molar-refractivity contribution in [2.45, 2.75) is 13.8 Å². The topological polar surface area (TPSA) is 90.2 Å². The quantitative estimate of drug-likeness (QED) is 0.469. The smallest absolute Gasteiger partial charge is 0.352 e. The molecular weight excluding hydrogens is 387 g/mol. The van der Waals surface area contributed by atoms with Crippen molar-refractivity contribution >= 4 is 34.2 Å². The summed E-state index contributed by atoms with van der Waals surface area (Å²) in [5.41, 5.74) is 0.0307. The number of nitrogens with zero attached hydrogens (tertiary/aromatic N) is 3.